The Morgan fingerprint density at radius 1 is 0.848 bits per heavy atom. The number of nitrogens with one attached hydrogen (secondary N) is 3. The number of benzene rings is 1. The van der Waals surface area contributed by atoms with Crippen molar-refractivity contribution in [2.45, 2.75) is 76.4 Å². The second-order valence-corrected chi connectivity index (χ2v) is 9.00. The highest BCUT2D eigenvalue weighted by Gasteiger charge is 2.62. The number of hydrazine groups is 1. The summed E-state index contributed by atoms with van der Waals surface area (Å²) in [6.07, 6.45) is -3.83. The molecule has 3 N–H and O–H groups in total. The summed E-state index contributed by atoms with van der Waals surface area (Å²) in [5, 5.41) is 2.65. The lowest BCUT2D eigenvalue weighted by molar-refractivity contribution is -0.231. The standard InChI is InChI=1S/C22H29N3O8/c1-21(2)30-14-15(31-21)17-20(33-22(3,4)32-17)29-16(14)19(28)25-24-13(26)10-11-23-18(27)12-8-6-5-7-9-12/h5-9,14-17,20H,10-11H2,1-4H3,(H,23,27)(H,24,26)(H,25,28)/t14-,15+,16-,17-,20-/m0/s1. The first kappa shape index (κ1) is 23.6. The van der Waals surface area contributed by atoms with Crippen LogP contribution in [0.3, 0.4) is 0 Å². The minimum Gasteiger partial charge on any atom is -0.352 e. The van der Waals surface area contributed by atoms with E-state index in [4.69, 9.17) is 23.7 Å². The molecule has 1 aromatic carbocycles. The van der Waals surface area contributed by atoms with Crippen LogP contribution in [0.5, 0.6) is 0 Å². The zero-order valence-corrected chi connectivity index (χ0v) is 19.0. The summed E-state index contributed by atoms with van der Waals surface area (Å²) in [4.78, 5) is 37.0. The van der Waals surface area contributed by atoms with Gasteiger partial charge in [-0.3, -0.25) is 25.2 Å². The van der Waals surface area contributed by atoms with Gasteiger partial charge >= 0.3 is 0 Å². The Hall–Kier alpha value is -2.57. The molecule has 0 aliphatic carbocycles. The van der Waals surface area contributed by atoms with Gasteiger partial charge in [0.05, 0.1) is 0 Å². The second kappa shape index (κ2) is 8.99. The highest BCUT2D eigenvalue weighted by molar-refractivity contribution is 5.94. The molecule has 4 rings (SSSR count). The molecule has 11 heteroatoms. The minimum atomic E-state index is -1.09. The van der Waals surface area contributed by atoms with E-state index in [0.717, 1.165) is 0 Å². The van der Waals surface area contributed by atoms with Gasteiger partial charge in [-0.2, -0.15) is 0 Å². The summed E-state index contributed by atoms with van der Waals surface area (Å²) in [6, 6.07) is 8.66. The SMILES string of the molecule is CC1(C)O[C@@H]2O[C@H](C(=O)NNC(=O)CCNC(=O)c3ccccc3)[C@H]3OC(C)(C)O[C@H]3[C@@H]2O1. The van der Waals surface area contributed by atoms with Crippen LogP contribution in [0.4, 0.5) is 0 Å². The maximum absolute atomic E-state index is 12.8. The van der Waals surface area contributed by atoms with Crippen LogP contribution >= 0.6 is 0 Å². The Morgan fingerprint density at radius 3 is 2.21 bits per heavy atom. The molecule has 3 aliphatic rings. The van der Waals surface area contributed by atoms with Crippen LogP contribution < -0.4 is 16.2 Å². The van der Waals surface area contributed by atoms with Crippen LogP contribution in [0, 0.1) is 0 Å². The third-order valence-corrected chi connectivity index (χ3v) is 5.41. The van der Waals surface area contributed by atoms with Crippen molar-refractivity contribution in [2.24, 2.45) is 0 Å². The summed E-state index contributed by atoms with van der Waals surface area (Å²) >= 11 is 0. The molecule has 180 valence electrons. The van der Waals surface area contributed by atoms with E-state index in [9.17, 15) is 14.4 Å². The molecule has 0 radical (unpaired) electrons. The summed E-state index contributed by atoms with van der Waals surface area (Å²) in [5.41, 5.74) is 5.18. The number of carbonyl (C=O) groups is 3. The van der Waals surface area contributed by atoms with Crippen LogP contribution in [-0.2, 0) is 33.3 Å². The molecule has 0 spiro atoms. The molecular weight excluding hydrogens is 434 g/mol. The van der Waals surface area contributed by atoms with Gasteiger partial charge in [-0.15, -0.1) is 0 Å². The first-order valence-corrected chi connectivity index (χ1v) is 10.8. The number of fused-ring (bicyclic) bond motifs is 3. The monoisotopic (exact) mass is 463 g/mol. The van der Waals surface area contributed by atoms with Crippen molar-refractivity contribution in [1.29, 1.82) is 0 Å². The van der Waals surface area contributed by atoms with Gasteiger partial charge in [0, 0.05) is 18.5 Å². The Labute approximate surface area is 191 Å². The van der Waals surface area contributed by atoms with Crippen molar-refractivity contribution in [3.05, 3.63) is 35.9 Å². The summed E-state index contributed by atoms with van der Waals surface area (Å²) in [6.45, 7) is 7.08. The van der Waals surface area contributed by atoms with Gasteiger partial charge in [-0.25, -0.2) is 0 Å². The lowest BCUT2D eigenvalue weighted by atomic mass is 9.98. The van der Waals surface area contributed by atoms with Gasteiger partial charge in [-0.1, -0.05) is 18.2 Å². The highest BCUT2D eigenvalue weighted by atomic mass is 16.9. The van der Waals surface area contributed by atoms with Gasteiger partial charge in [0.25, 0.3) is 11.8 Å². The van der Waals surface area contributed by atoms with Crippen molar-refractivity contribution in [1.82, 2.24) is 16.2 Å². The minimum absolute atomic E-state index is 0.0289. The van der Waals surface area contributed by atoms with Crippen LogP contribution in [0.2, 0.25) is 0 Å². The highest BCUT2D eigenvalue weighted by Crippen LogP contribution is 2.44. The predicted molar refractivity (Wildman–Crippen MR) is 112 cm³/mol. The molecule has 3 heterocycles. The molecule has 0 aromatic heterocycles. The summed E-state index contributed by atoms with van der Waals surface area (Å²) < 4.78 is 29.4. The van der Waals surface area contributed by atoms with Crippen LogP contribution in [-0.4, -0.2) is 66.5 Å². The topological polar surface area (TPSA) is 133 Å². The fourth-order valence-electron chi connectivity index (χ4n) is 4.07. The van der Waals surface area contributed by atoms with Crippen molar-refractivity contribution < 1.29 is 38.1 Å². The van der Waals surface area contributed by atoms with Gasteiger partial charge in [0.1, 0.15) is 18.3 Å². The van der Waals surface area contributed by atoms with Crippen molar-refractivity contribution in [3.8, 4) is 0 Å². The molecule has 33 heavy (non-hydrogen) atoms. The number of ether oxygens (including phenoxy) is 5. The molecule has 3 fully saturated rings. The Kier molecular flexibility index (Phi) is 6.43. The van der Waals surface area contributed by atoms with Crippen LogP contribution in [0.15, 0.2) is 30.3 Å². The van der Waals surface area contributed by atoms with Gasteiger partial charge in [0.15, 0.2) is 24.0 Å². The van der Waals surface area contributed by atoms with Crippen molar-refractivity contribution >= 4 is 17.7 Å². The Morgan fingerprint density at radius 2 is 1.48 bits per heavy atom. The maximum Gasteiger partial charge on any atom is 0.270 e. The molecule has 0 bridgehead atoms. The van der Waals surface area contributed by atoms with Crippen LogP contribution in [0.1, 0.15) is 44.5 Å². The molecule has 0 saturated carbocycles. The number of amides is 3. The first-order valence-electron chi connectivity index (χ1n) is 10.8. The zero-order chi connectivity index (χ0) is 23.8. The molecule has 11 nitrogen and oxygen atoms in total. The van der Waals surface area contributed by atoms with E-state index in [-0.39, 0.29) is 18.9 Å². The Balaban J connectivity index is 1.28. The smallest absolute Gasteiger partial charge is 0.270 e. The third-order valence-electron chi connectivity index (χ3n) is 5.41. The maximum atomic E-state index is 12.8. The first-order chi connectivity index (χ1) is 15.5. The van der Waals surface area contributed by atoms with E-state index in [0.29, 0.717) is 5.56 Å². The lowest BCUT2D eigenvalue weighted by Crippen LogP contribution is -2.61. The molecule has 0 unspecified atom stereocenters. The van der Waals surface area contributed by atoms with Crippen LogP contribution in [0.25, 0.3) is 0 Å². The lowest BCUT2D eigenvalue weighted by Gasteiger charge is -2.36. The van der Waals surface area contributed by atoms with E-state index in [1.54, 1.807) is 52.0 Å². The van der Waals surface area contributed by atoms with Gasteiger partial charge in [-0.05, 0) is 39.8 Å². The molecule has 1 aromatic rings. The summed E-state index contributed by atoms with van der Waals surface area (Å²) in [7, 11) is 0. The van der Waals surface area contributed by atoms with E-state index in [2.05, 4.69) is 16.2 Å². The van der Waals surface area contributed by atoms with E-state index >= 15 is 0 Å². The van der Waals surface area contributed by atoms with E-state index in [1.165, 1.54) is 0 Å². The number of hydrogen-bond acceptors (Lipinski definition) is 8. The average Bonchev–Trinajstić information content (AvgIpc) is 3.25. The molecule has 3 aliphatic heterocycles. The average molecular weight is 463 g/mol. The van der Waals surface area contributed by atoms with Crippen molar-refractivity contribution in [3.63, 3.8) is 0 Å². The second-order valence-electron chi connectivity index (χ2n) is 9.00. The predicted octanol–water partition coefficient (Wildman–Crippen LogP) is 0.350. The third kappa shape index (κ3) is 5.33. The van der Waals surface area contributed by atoms with Crippen molar-refractivity contribution in [2.75, 3.05) is 6.54 Å². The fourth-order valence-corrected chi connectivity index (χ4v) is 4.07. The Bertz CT molecular complexity index is 906. The van der Waals surface area contributed by atoms with Gasteiger partial charge < -0.3 is 29.0 Å². The molecular formula is C22H29N3O8. The summed E-state index contributed by atoms with van der Waals surface area (Å²) in [5.74, 6) is -3.22. The number of rotatable bonds is 5. The fraction of sp³-hybridized carbons (Fsp3) is 0.591. The number of hydrogen-bond donors (Lipinski definition) is 3. The zero-order valence-electron chi connectivity index (χ0n) is 19.0. The molecule has 3 saturated heterocycles. The largest absolute Gasteiger partial charge is 0.352 e. The van der Waals surface area contributed by atoms with E-state index in [1.807, 2.05) is 6.07 Å². The normalized spacial score (nSPS) is 31.2. The molecule has 5 atom stereocenters. The molecule has 3 amide bonds. The van der Waals surface area contributed by atoms with E-state index < -0.39 is 54.1 Å². The number of carbonyl (C=O) groups excluding carboxylic acids is 3. The quantitative estimate of drug-likeness (QED) is 0.533. The van der Waals surface area contributed by atoms with Gasteiger partial charge in [0.2, 0.25) is 5.91 Å².